The summed E-state index contributed by atoms with van der Waals surface area (Å²) in [5.74, 6) is -0.197. The maximum Gasteiger partial charge on any atom is 0.147 e. The molecule has 0 unspecified atom stereocenters. The predicted octanol–water partition coefficient (Wildman–Crippen LogP) is 1.84. The van der Waals surface area contributed by atoms with Crippen LogP contribution < -0.4 is 0 Å². The van der Waals surface area contributed by atoms with Crippen molar-refractivity contribution in [1.29, 1.82) is 0 Å². The molecule has 0 bridgehead atoms. The summed E-state index contributed by atoms with van der Waals surface area (Å²) in [5, 5.41) is 0. The molecule has 9 heavy (non-hydrogen) atoms. The summed E-state index contributed by atoms with van der Waals surface area (Å²) in [6, 6.07) is 1.66. The van der Waals surface area contributed by atoms with E-state index in [1.807, 2.05) is 0 Å². The maximum absolute atomic E-state index is 12.7. The fraction of sp³-hybridized carbons (Fsp3) is 0.286. The van der Waals surface area contributed by atoms with Crippen molar-refractivity contribution < 1.29 is 4.39 Å². The first-order valence-corrected chi connectivity index (χ1v) is 2.79. The van der Waals surface area contributed by atoms with E-state index in [-0.39, 0.29) is 5.82 Å². The first kappa shape index (κ1) is 6.20. The second kappa shape index (κ2) is 2.13. The molecule has 0 amide bonds. The molecule has 0 aromatic carbocycles. The third-order valence-corrected chi connectivity index (χ3v) is 1.26. The number of rotatable bonds is 0. The molecule has 0 aliphatic carbocycles. The number of halogens is 1. The van der Waals surface area contributed by atoms with E-state index >= 15 is 0 Å². The number of pyridine rings is 1. The average Bonchev–Trinajstić information content (AvgIpc) is 1.83. The van der Waals surface area contributed by atoms with Gasteiger partial charge in [-0.25, -0.2) is 4.39 Å². The molecule has 0 radical (unpaired) electrons. The molecular weight excluding hydrogens is 117 g/mol. The maximum atomic E-state index is 12.7. The van der Waals surface area contributed by atoms with E-state index in [9.17, 15) is 4.39 Å². The van der Waals surface area contributed by atoms with Crippen molar-refractivity contribution in [2.75, 3.05) is 0 Å². The topological polar surface area (TPSA) is 12.9 Å². The van der Waals surface area contributed by atoms with Gasteiger partial charge in [-0.05, 0) is 25.5 Å². The van der Waals surface area contributed by atoms with E-state index in [0.717, 1.165) is 0 Å². The minimum absolute atomic E-state index is 0.197. The quantitative estimate of drug-likeness (QED) is 0.515. The highest BCUT2D eigenvalue weighted by atomic mass is 19.1. The SMILES string of the molecule is Cc1ccnc(C)c1F. The molecule has 0 saturated carbocycles. The Morgan fingerprint density at radius 1 is 1.44 bits per heavy atom. The van der Waals surface area contributed by atoms with Crippen LogP contribution in [0.5, 0.6) is 0 Å². The van der Waals surface area contributed by atoms with Gasteiger partial charge in [-0.1, -0.05) is 0 Å². The molecule has 1 aromatic rings. The van der Waals surface area contributed by atoms with Gasteiger partial charge in [-0.3, -0.25) is 4.98 Å². The zero-order chi connectivity index (χ0) is 6.85. The van der Waals surface area contributed by atoms with Crippen molar-refractivity contribution in [1.82, 2.24) is 4.98 Å². The molecule has 0 spiro atoms. The molecule has 1 heterocycles. The van der Waals surface area contributed by atoms with Crippen LogP contribution >= 0.6 is 0 Å². The normalized spacial score (nSPS) is 9.67. The summed E-state index contributed by atoms with van der Waals surface area (Å²) in [6.07, 6.45) is 1.60. The van der Waals surface area contributed by atoms with Crippen molar-refractivity contribution in [3.63, 3.8) is 0 Å². The Morgan fingerprint density at radius 3 is 2.56 bits per heavy atom. The molecule has 0 aliphatic rings. The van der Waals surface area contributed by atoms with Gasteiger partial charge in [0.2, 0.25) is 0 Å². The van der Waals surface area contributed by atoms with Crippen LogP contribution in [0.1, 0.15) is 11.3 Å². The zero-order valence-electron chi connectivity index (χ0n) is 5.48. The van der Waals surface area contributed by atoms with E-state index in [1.165, 1.54) is 0 Å². The van der Waals surface area contributed by atoms with Gasteiger partial charge < -0.3 is 0 Å². The molecule has 48 valence electrons. The first-order valence-electron chi connectivity index (χ1n) is 2.79. The predicted molar refractivity (Wildman–Crippen MR) is 33.7 cm³/mol. The van der Waals surface area contributed by atoms with Crippen LogP contribution in [0.2, 0.25) is 0 Å². The van der Waals surface area contributed by atoms with E-state index in [2.05, 4.69) is 4.98 Å². The largest absolute Gasteiger partial charge is 0.259 e. The zero-order valence-corrected chi connectivity index (χ0v) is 5.48. The highest BCUT2D eigenvalue weighted by molar-refractivity contribution is 5.15. The van der Waals surface area contributed by atoms with E-state index in [0.29, 0.717) is 11.3 Å². The Hall–Kier alpha value is -0.920. The minimum Gasteiger partial charge on any atom is -0.259 e. The van der Waals surface area contributed by atoms with Crippen LogP contribution in [-0.4, -0.2) is 4.98 Å². The fourth-order valence-corrected chi connectivity index (χ4v) is 0.676. The molecule has 0 aliphatic heterocycles. The molecule has 1 nitrogen and oxygen atoms in total. The van der Waals surface area contributed by atoms with Gasteiger partial charge in [0.25, 0.3) is 0 Å². The molecule has 2 heteroatoms. The lowest BCUT2D eigenvalue weighted by Crippen LogP contribution is -1.89. The number of hydrogen-bond acceptors (Lipinski definition) is 1. The van der Waals surface area contributed by atoms with Crippen molar-refractivity contribution >= 4 is 0 Å². The van der Waals surface area contributed by atoms with Crippen LogP contribution in [0.25, 0.3) is 0 Å². The van der Waals surface area contributed by atoms with E-state index in [1.54, 1.807) is 26.1 Å². The summed E-state index contributed by atoms with van der Waals surface area (Å²) in [7, 11) is 0. The molecule has 0 saturated heterocycles. The Balaban J connectivity index is 3.25. The summed E-state index contributed by atoms with van der Waals surface area (Å²) in [5.41, 5.74) is 1.12. The Labute approximate surface area is 53.5 Å². The van der Waals surface area contributed by atoms with Gasteiger partial charge in [0, 0.05) is 6.20 Å². The van der Waals surface area contributed by atoms with Gasteiger partial charge >= 0.3 is 0 Å². The Morgan fingerprint density at radius 2 is 2.11 bits per heavy atom. The van der Waals surface area contributed by atoms with Crippen LogP contribution in [0.3, 0.4) is 0 Å². The second-order valence-electron chi connectivity index (χ2n) is 2.03. The lowest BCUT2D eigenvalue weighted by atomic mass is 10.2. The summed E-state index contributed by atoms with van der Waals surface area (Å²) >= 11 is 0. The highest BCUT2D eigenvalue weighted by Crippen LogP contribution is 2.06. The summed E-state index contributed by atoms with van der Waals surface area (Å²) in [4.78, 5) is 3.76. The molecule has 0 fully saturated rings. The van der Waals surface area contributed by atoms with Crippen LogP contribution in [0, 0.1) is 19.7 Å². The minimum atomic E-state index is -0.197. The van der Waals surface area contributed by atoms with E-state index < -0.39 is 0 Å². The van der Waals surface area contributed by atoms with Gasteiger partial charge in [0.05, 0.1) is 5.69 Å². The standard InChI is InChI=1S/C7H8FN/c1-5-3-4-9-6(2)7(5)8/h3-4H,1-2H3. The van der Waals surface area contributed by atoms with Gasteiger partial charge in [0.1, 0.15) is 5.82 Å². The lowest BCUT2D eigenvalue weighted by Gasteiger charge is -1.95. The number of aryl methyl sites for hydroxylation is 2. The first-order chi connectivity index (χ1) is 4.22. The number of aromatic nitrogens is 1. The average molecular weight is 125 g/mol. The molecule has 0 atom stereocenters. The van der Waals surface area contributed by atoms with Crippen LogP contribution in [0.15, 0.2) is 12.3 Å². The van der Waals surface area contributed by atoms with Crippen molar-refractivity contribution in [3.05, 3.63) is 29.3 Å². The molecular formula is C7H8FN. The lowest BCUT2D eigenvalue weighted by molar-refractivity contribution is 0.600. The van der Waals surface area contributed by atoms with Gasteiger partial charge in [-0.15, -0.1) is 0 Å². The van der Waals surface area contributed by atoms with Crippen LogP contribution in [0.4, 0.5) is 4.39 Å². The van der Waals surface area contributed by atoms with Gasteiger partial charge in [-0.2, -0.15) is 0 Å². The number of hydrogen-bond donors (Lipinski definition) is 0. The fourth-order valence-electron chi connectivity index (χ4n) is 0.676. The highest BCUT2D eigenvalue weighted by Gasteiger charge is 1.98. The van der Waals surface area contributed by atoms with E-state index in [4.69, 9.17) is 0 Å². The molecule has 0 N–H and O–H groups in total. The number of nitrogens with zero attached hydrogens (tertiary/aromatic N) is 1. The Kier molecular flexibility index (Phi) is 1.47. The van der Waals surface area contributed by atoms with Crippen molar-refractivity contribution in [3.8, 4) is 0 Å². The smallest absolute Gasteiger partial charge is 0.147 e. The van der Waals surface area contributed by atoms with Crippen LogP contribution in [-0.2, 0) is 0 Å². The molecule has 1 aromatic heterocycles. The van der Waals surface area contributed by atoms with Crippen molar-refractivity contribution in [2.45, 2.75) is 13.8 Å². The third-order valence-electron chi connectivity index (χ3n) is 1.26. The Bertz CT molecular complexity index is 200. The monoisotopic (exact) mass is 125 g/mol. The molecule has 1 rings (SSSR count). The van der Waals surface area contributed by atoms with Crippen molar-refractivity contribution in [2.24, 2.45) is 0 Å². The second-order valence-corrected chi connectivity index (χ2v) is 2.03. The third kappa shape index (κ3) is 1.07. The van der Waals surface area contributed by atoms with Gasteiger partial charge in [0.15, 0.2) is 0 Å². The summed E-state index contributed by atoms with van der Waals surface area (Å²) in [6.45, 7) is 3.38. The summed E-state index contributed by atoms with van der Waals surface area (Å²) < 4.78 is 12.7.